The number of thioether (sulfide) groups is 1. The second kappa shape index (κ2) is 6.19. The van der Waals surface area contributed by atoms with Crippen LogP contribution in [0.15, 0.2) is 23.2 Å². The van der Waals surface area contributed by atoms with Crippen molar-refractivity contribution >= 4 is 38.4 Å². The fourth-order valence-electron chi connectivity index (χ4n) is 3.23. The van der Waals surface area contributed by atoms with E-state index in [1.54, 1.807) is 0 Å². The van der Waals surface area contributed by atoms with Gasteiger partial charge in [0.15, 0.2) is 15.0 Å². The SMILES string of the molecule is Cc1cccc(C)c1N1C(=NC(=O)C(C)C)S[C@@H]2CS(=O)(=O)C[C@H]21. The molecule has 0 bridgehead atoms. The zero-order valence-corrected chi connectivity index (χ0v) is 15.9. The van der Waals surface area contributed by atoms with E-state index in [-0.39, 0.29) is 34.6 Å². The van der Waals surface area contributed by atoms with Gasteiger partial charge >= 0.3 is 0 Å². The average Bonchev–Trinajstić information content (AvgIpc) is 2.91. The molecule has 0 unspecified atom stereocenters. The number of amides is 1. The number of benzene rings is 1. The summed E-state index contributed by atoms with van der Waals surface area (Å²) in [6, 6.07) is 5.84. The van der Waals surface area contributed by atoms with E-state index in [4.69, 9.17) is 0 Å². The van der Waals surface area contributed by atoms with Crippen LogP contribution in [0.4, 0.5) is 5.69 Å². The molecule has 2 aliphatic heterocycles. The van der Waals surface area contributed by atoms with Crippen molar-refractivity contribution in [2.24, 2.45) is 10.9 Å². The summed E-state index contributed by atoms with van der Waals surface area (Å²) >= 11 is 1.43. The van der Waals surface area contributed by atoms with E-state index in [1.165, 1.54) is 11.8 Å². The van der Waals surface area contributed by atoms with Crippen molar-refractivity contribution < 1.29 is 13.2 Å². The molecule has 2 fully saturated rings. The highest BCUT2D eigenvalue weighted by Crippen LogP contribution is 2.43. The number of aliphatic imine (C=N–C) groups is 1. The van der Waals surface area contributed by atoms with Gasteiger partial charge in [-0.05, 0) is 25.0 Å². The second-order valence-electron chi connectivity index (χ2n) is 6.80. The number of hydrogen-bond acceptors (Lipinski definition) is 4. The van der Waals surface area contributed by atoms with Gasteiger partial charge in [-0.3, -0.25) is 4.79 Å². The minimum Gasteiger partial charge on any atom is -0.315 e. The molecule has 2 saturated heterocycles. The largest absolute Gasteiger partial charge is 0.315 e. The lowest BCUT2D eigenvalue weighted by atomic mass is 10.1. The van der Waals surface area contributed by atoms with Gasteiger partial charge in [0.05, 0.1) is 17.5 Å². The number of anilines is 1. The monoisotopic (exact) mass is 366 g/mol. The lowest BCUT2D eigenvalue weighted by molar-refractivity contribution is -0.120. The van der Waals surface area contributed by atoms with E-state index >= 15 is 0 Å². The topological polar surface area (TPSA) is 66.8 Å². The summed E-state index contributed by atoms with van der Waals surface area (Å²) in [7, 11) is -3.04. The highest BCUT2D eigenvalue weighted by atomic mass is 32.2. The highest BCUT2D eigenvalue weighted by molar-refractivity contribution is 8.16. The molecule has 2 aliphatic rings. The number of fused-ring (bicyclic) bond motifs is 1. The Morgan fingerprint density at radius 2 is 1.88 bits per heavy atom. The molecule has 0 radical (unpaired) electrons. The maximum Gasteiger partial charge on any atom is 0.250 e. The smallest absolute Gasteiger partial charge is 0.250 e. The van der Waals surface area contributed by atoms with Crippen molar-refractivity contribution in [3.05, 3.63) is 29.3 Å². The van der Waals surface area contributed by atoms with Crippen LogP contribution in [0.3, 0.4) is 0 Å². The van der Waals surface area contributed by atoms with Crippen LogP contribution in [-0.2, 0) is 14.6 Å². The molecule has 0 saturated carbocycles. The molecular weight excluding hydrogens is 344 g/mol. The molecule has 5 nitrogen and oxygen atoms in total. The van der Waals surface area contributed by atoms with Gasteiger partial charge in [-0.15, -0.1) is 0 Å². The van der Waals surface area contributed by atoms with Crippen LogP contribution in [0.5, 0.6) is 0 Å². The Hall–Kier alpha value is -1.34. The standard InChI is InChI=1S/C17H22N2O3S2/c1-10(2)16(20)18-17-19(15-11(3)6-5-7-12(15)4)13-8-24(21,22)9-14(13)23-17/h5-7,10,13-14H,8-9H2,1-4H3/t13-,14-/m1/s1. The Morgan fingerprint density at radius 3 is 2.46 bits per heavy atom. The van der Waals surface area contributed by atoms with Crippen LogP contribution < -0.4 is 4.90 Å². The predicted octanol–water partition coefficient (Wildman–Crippen LogP) is 2.56. The van der Waals surface area contributed by atoms with Crippen molar-refractivity contribution in [3.63, 3.8) is 0 Å². The Kier molecular flexibility index (Phi) is 4.51. The molecule has 2 heterocycles. The summed E-state index contributed by atoms with van der Waals surface area (Å²) in [6.07, 6.45) is 0. The van der Waals surface area contributed by atoms with E-state index in [1.807, 2.05) is 50.8 Å². The number of amidine groups is 1. The highest BCUT2D eigenvalue weighted by Gasteiger charge is 2.49. The van der Waals surface area contributed by atoms with Crippen LogP contribution >= 0.6 is 11.8 Å². The molecule has 0 N–H and O–H groups in total. The number of carbonyl (C=O) groups excluding carboxylic acids is 1. The first-order valence-electron chi connectivity index (χ1n) is 8.04. The third kappa shape index (κ3) is 3.11. The first kappa shape index (κ1) is 17.5. The lowest BCUT2D eigenvalue weighted by Crippen LogP contribution is -2.38. The Labute approximate surface area is 147 Å². The molecule has 7 heteroatoms. The van der Waals surface area contributed by atoms with Crippen LogP contribution in [0.2, 0.25) is 0 Å². The van der Waals surface area contributed by atoms with Crippen LogP contribution in [0.1, 0.15) is 25.0 Å². The molecule has 0 spiro atoms. The van der Waals surface area contributed by atoms with Crippen LogP contribution in [0, 0.1) is 19.8 Å². The molecule has 0 aliphatic carbocycles. The van der Waals surface area contributed by atoms with Crippen LogP contribution in [-0.4, -0.2) is 42.3 Å². The normalized spacial score (nSPS) is 27.0. The van der Waals surface area contributed by atoms with E-state index in [0.717, 1.165) is 16.8 Å². The van der Waals surface area contributed by atoms with Gasteiger partial charge in [-0.1, -0.05) is 43.8 Å². The third-order valence-corrected chi connectivity index (χ3v) is 7.66. The molecule has 24 heavy (non-hydrogen) atoms. The molecule has 2 atom stereocenters. The maximum absolute atomic E-state index is 12.1. The van der Waals surface area contributed by atoms with Crippen molar-refractivity contribution in [1.82, 2.24) is 0 Å². The molecule has 1 amide bonds. The number of nitrogens with zero attached hydrogens (tertiary/aromatic N) is 2. The second-order valence-corrected chi connectivity index (χ2v) is 10.2. The molecule has 1 aromatic rings. The molecule has 130 valence electrons. The molecule has 0 aromatic heterocycles. The van der Waals surface area contributed by atoms with E-state index in [0.29, 0.717) is 5.17 Å². The maximum atomic E-state index is 12.1. The van der Waals surface area contributed by atoms with Gasteiger partial charge in [0.25, 0.3) is 5.91 Å². The zero-order valence-electron chi connectivity index (χ0n) is 14.3. The first-order valence-corrected chi connectivity index (χ1v) is 10.7. The summed E-state index contributed by atoms with van der Waals surface area (Å²) in [5.74, 6) is -0.0786. The number of sulfone groups is 1. The first-order chi connectivity index (χ1) is 11.2. The molecular formula is C17H22N2O3S2. The summed E-state index contributed by atoms with van der Waals surface area (Å²) in [5.41, 5.74) is 3.10. The number of rotatable bonds is 2. The number of para-hydroxylation sites is 1. The Bertz CT molecular complexity index is 795. The van der Waals surface area contributed by atoms with Crippen molar-refractivity contribution in [2.75, 3.05) is 16.4 Å². The van der Waals surface area contributed by atoms with Gasteiger partial charge in [0.1, 0.15) is 0 Å². The number of carbonyl (C=O) groups is 1. The molecule has 1 aromatic carbocycles. The van der Waals surface area contributed by atoms with E-state index in [9.17, 15) is 13.2 Å². The van der Waals surface area contributed by atoms with Crippen LogP contribution in [0.25, 0.3) is 0 Å². The Morgan fingerprint density at radius 1 is 1.25 bits per heavy atom. The van der Waals surface area contributed by atoms with Crippen molar-refractivity contribution in [3.8, 4) is 0 Å². The summed E-state index contributed by atoms with van der Waals surface area (Å²) in [6.45, 7) is 7.65. The average molecular weight is 367 g/mol. The summed E-state index contributed by atoms with van der Waals surface area (Å²) < 4.78 is 24.2. The van der Waals surface area contributed by atoms with Gasteiger partial charge in [0.2, 0.25) is 0 Å². The van der Waals surface area contributed by atoms with E-state index < -0.39 is 9.84 Å². The summed E-state index contributed by atoms with van der Waals surface area (Å²) in [5, 5.41) is 0.573. The van der Waals surface area contributed by atoms with Gasteiger partial charge in [-0.25, -0.2) is 8.42 Å². The minimum atomic E-state index is -3.04. The minimum absolute atomic E-state index is 0.0623. The van der Waals surface area contributed by atoms with Crippen molar-refractivity contribution in [1.29, 1.82) is 0 Å². The zero-order chi connectivity index (χ0) is 17.6. The van der Waals surface area contributed by atoms with Gasteiger partial charge in [0, 0.05) is 16.9 Å². The fourth-order valence-corrected chi connectivity index (χ4v) is 7.14. The van der Waals surface area contributed by atoms with Crippen molar-refractivity contribution in [2.45, 2.75) is 39.0 Å². The lowest BCUT2D eigenvalue weighted by Gasteiger charge is -2.28. The molecule has 3 rings (SSSR count). The summed E-state index contributed by atoms with van der Waals surface area (Å²) in [4.78, 5) is 18.5. The van der Waals surface area contributed by atoms with E-state index in [2.05, 4.69) is 4.99 Å². The van der Waals surface area contributed by atoms with Gasteiger partial charge < -0.3 is 4.90 Å². The predicted molar refractivity (Wildman–Crippen MR) is 99.5 cm³/mol. The third-order valence-electron chi connectivity index (χ3n) is 4.45. The number of aryl methyl sites for hydroxylation is 2. The Balaban J connectivity index is 2.10. The number of hydrogen-bond donors (Lipinski definition) is 0. The fraction of sp³-hybridized carbons (Fsp3) is 0.529. The quantitative estimate of drug-likeness (QED) is 0.805. The van der Waals surface area contributed by atoms with Gasteiger partial charge in [-0.2, -0.15) is 4.99 Å².